The number of rotatable bonds is 4. The molecule has 1 fully saturated rings. The number of nitrogens with zero attached hydrogens (tertiary/aromatic N) is 2. The number of amides is 2. The molecule has 1 N–H and O–H groups in total. The summed E-state index contributed by atoms with van der Waals surface area (Å²) in [5.74, 6) is -0.433. The van der Waals surface area contributed by atoms with Gasteiger partial charge in [0.1, 0.15) is 0 Å². The minimum atomic E-state index is -0.433. The molecule has 1 aliphatic heterocycles. The Morgan fingerprint density at radius 3 is 2.48 bits per heavy atom. The predicted molar refractivity (Wildman–Crippen MR) is 106 cm³/mol. The van der Waals surface area contributed by atoms with Gasteiger partial charge < -0.3 is 19.9 Å². The number of carbonyl (C=O) groups excluding carboxylic acids is 2. The molecule has 142 valence electrons. The van der Waals surface area contributed by atoms with Crippen molar-refractivity contribution in [2.45, 2.75) is 13.8 Å². The summed E-state index contributed by atoms with van der Waals surface area (Å²) >= 11 is 0. The molecule has 3 rings (SSSR count). The van der Waals surface area contributed by atoms with Gasteiger partial charge in [-0.1, -0.05) is 24.3 Å². The number of ether oxygens (including phenoxy) is 1. The summed E-state index contributed by atoms with van der Waals surface area (Å²) in [6.45, 7) is 6.93. The van der Waals surface area contributed by atoms with Crippen molar-refractivity contribution in [2.24, 2.45) is 0 Å². The maximum Gasteiger partial charge on any atom is 0.340 e. The standard InChI is InChI=1S/C21H25N3O3/c1-3-27-20(25)18-9-4-5-10-19(18)22-21(26)24-13-11-23(12-14-24)17-8-6-7-16(2)15-17/h4-10,15H,3,11-14H2,1-2H3,(H,22,26). The fourth-order valence-corrected chi connectivity index (χ4v) is 3.17. The van der Waals surface area contributed by atoms with Gasteiger partial charge in [0.2, 0.25) is 0 Å². The van der Waals surface area contributed by atoms with E-state index in [0.29, 0.717) is 30.9 Å². The third-order valence-electron chi connectivity index (χ3n) is 4.60. The number of nitrogens with one attached hydrogen (secondary N) is 1. The Bertz CT molecular complexity index is 814. The van der Waals surface area contributed by atoms with Gasteiger partial charge in [0.25, 0.3) is 0 Å². The van der Waals surface area contributed by atoms with E-state index in [4.69, 9.17) is 4.74 Å². The van der Waals surface area contributed by atoms with Crippen LogP contribution in [0.5, 0.6) is 0 Å². The summed E-state index contributed by atoms with van der Waals surface area (Å²) in [6.07, 6.45) is 0. The highest BCUT2D eigenvalue weighted by Crippen LogP contribution is 2.20. The molecule has 0 bridgehead atoms. The van der Waals surface area contributed by atoms with Gasteiger partial charge in [-0.3, -0.25) is 0 Å². The van der Waals surface area contributed by atoms with E-state index in [9.17, 15) is 9.59 Å². The second-order valence-electron chi connectivity index (χ2n) is 6.51. The zero-order chi connectivity index (χ0) is 19.2. The lowest BCUT2D eigenvalue weighted by Gasteiger charge is -2.36. The van der Waals surface area contributed by atoms with Crippen LogP contribution in [0.3, 0.4) is 0 Å². The van der Waals surface area contributed by atoms with E-state index in [1.165, 1.54) is 11.3 Å². The molecule has 6 nitrogen and oxygen atoms in total. The molecule has 2 aromatic rings. The maximum atomic E-state index is 12.6. The fraction of sp³-hybridized carbons (Fsp3) is 0.333. The zero-order valence-electron chi connectivity index (χ0n) is 15.8. The van der Waals surface area contributed by atoms with Crippen LogP contribution < -0.4 is 10.2 Å². The summed E-state index contributed by atoms with van der Waals surface area (Å²) in [5, 5.41) is 2.85. The molecule has 0 atom stereocenters. The van der Waals surface area contributed by atoms with Gasteiger partial charge in [-0.15, -0.1) is 0 Å². The van der Waals surface area contributed by atoms with Crippen LogP contribution >= 0.6 is 0 Å². The van der Waals surface area contributed by atoms with Crippen LogP contribution in [0.2, 0.25) is 0 Å². The topological polar surface area (TPSA) is 61.9 Å². The van der Waals surface area contributed by atoms with Crippen molar-refractivity contribution < 1.29 is 14.3 Å². The molecule has 0 unspecified atom stereocenters. The molecule has 6 heteroatoms. The summed E-state index contributed by atoms with van der Waals surface area (Å²) < 4.78 is 5.06. The van der Waals surface area contributed by atoms with Crippen LogP contribution in [0.1, 0.15) is 22.8 Å². The Morgan fingerprint density at radius 1 is 1.04 bits per heavy atom. The highest BCUT2D eigenvalue weighted by atomic mass is 16.5. The summed E-state index contributed by atoms with van der Waals surface area (Å²) in [5.41, 5.74) is 3.25. The second-order valence-corrected chi connectivity index (χ2v) is 6.51. The lowest BCUT2D eigenvalue weighted by Crippen LogP contribution is -2.50. The number of benzene rings is 2. The molecular weight excluding hydrogens is 342 g/mol. The van der Waals surface area contributed by atoms with E-state index in [0.717, 1.165) is 13.1 Å². The quantitative estimate of drug-likeness (QED) is 0.840. The van der Waals surface area contributed by atoms with Gasteiger partial charge in [-0.25, -0.2) is 9.59 Å². The average Bonchev–Trinajstić information content (AvgIpc) is 2.68. The largest absolute Gasteiger partial charge is 0.462 e. The third-order valence-corrected chi connectivity index (χ3v) is 4.60. The van der Waals surface area contributed by atoms with Crippen molar-refractivity contribution in [2.75, 3.05) is 43.0 Å². The minimum Gasteiger partial charge on any atom is -0.462 e. The summed E-state index contributed by atoms with van der Waals surface area (Å²) in [6, 6.07) is 15.1. The Kier molecular flexibility index (Phi) is 5.96. The number of hydrogen-bond donors (Lipinski definition) is 1. The molecule has 0 aromatic heterocycles. The van der Waals surface area contributed by atoms with Crippen LogP contribution in [0.25, 0.3) is 0 Å². The number of piperazine rings is 1. The number of anilines is 2. The first-order chi connectivity index (χ1) is 13.1. The first-order valence-electron chi connectivity index (χ1n) is 9.22. The Labute approximate surface area is 159 Å². The average molecular weight is 367 g/mol. The number of carbonyl (C=O) groups is 2. The molecule has 27 heavy (non-hydrogen) atoms. The maximum absolute atomic E-state index is 12.6. The van der Waals surface area contributed by atoms with E-state index in [1.54, 1.807) is 36.1 Å². The molecule has 1 aliphatic rings. The van der Waals surface area contributed by atoms with E-state index < -0.39 is 5.97 Å². The first kappa shape index (κ1) is 18.8. The van der Waals surface area contributed by atoms with Crippen molar-refractivity contribution in [1.82, 2.24) is 4.90 Å². The molecule has 0 aliphatic carbocycles. The van der Waals surface area contributed by atoms with Crippen molar-refractivity contribution in [3.05, 3.63) is 59.7 Å². The monoisotopic (exact) mass is 367 g/mol. The van der Waals surface area contributed by atoms with Crippen LogP contribution in [0.4, 0.5) is 16.2 Å². The highest BCUT2D eigenvalue weighted by Gasteiger charge is 2.23. The normalized spacial score (nSPS) is 14.0. The van der Waals surface area contributed by atoms with E-state index in [1.807, 2.05) is 0 Å². The third kappa shape index (κ3) is 4.58. The van der Waals surface area contributed by atoms with Crippen molar-refractivity contribution in [3.63, 3.8) is 0 Å². The predicted octanol–water partition coefficient (Wildman–Crippen LogP) is 3.53. The van der Waals surface area contributed by atoms with Gasteiger partial charge in [0.15, 0.2) is 0 Å². The molecule has 1 saturated heterocycles. The Hall–Kier alpha value is -3.02. The van der Waals surface area contributed by atoms with Crippen molar-refractivity contribution >= 4 is 23.4 Å². The summed E-state index contributed by atoms with van der Waals surface area (Å²) in [4.78, 5) is 28.8. The minimum absolute atomic E-state index is 0.198. The molecule has 2 aromatic carbocycles. The van der Waals surface area contributed by atoms with E-state index in [2.05, 4.69) is 41.4 Å². The van der Waals surface area contributed by atoms with Gasteiger partial charge in [0.05, 0.1) is 17.9 Å². The van der Waals surface area contributed by atoms with Gasteiger partial charge in [-0.2, -0.15) is 0 Å². The molecule has 2 amide bonds. The lowest BCUT2D eigenvalue weighted by molar-refractivity contribution is 0.0527. The molecule has 0 spiro atoms. The van der Waals surface area contributed by atoms with Crippen LogP contribution in [0, 0.1) is 6.92 Å². The second kappa shape index (κ2) is 8.58. The molecule has 1 heterocycles. The van der Waals surface area contributed by atoms with E-state index in [-0.39, 0.29) is 6.03 Å². The Morgan fingerprint density at radius 2 is 1.78 bits per heavy atom. The number of urea groups is 1. The van der Waals surface area contributed by atoms with Crippen LogP contribution in [-0.2, 0) is 4.74 Å². The SMILES string of the molecule is CCOC(=O)c1ccccc1NC(=O)N1CCN(c2cccc(C)c2)CC1. The van der Waals surface area contributed by atoms with E-state index >= 15 is 0 Å². The molecular formula is C21H25N3O3. The lowest BCUT2D eigenvalue weighted by atomic mass is 10.2. The van der Waals surface area contributed by atoms with Crippen LogP contribution in [-0.4, -0.2) is 49.7 Å². The molecule has 0 radical (unpaired) electrons. The number of hydrogen-bond acceptors (Lipinski definition) is 4. The first-order valence-corrected chi connectivity index (χ1v) is 9.22. The van der Waals surface area contributed by atoms with Gasteiger partial charge in [-0.05, 0) is 43.7 Å². The Balaban J connectivity index is 1.61. The number of para-hydroxylation sites is 1. The smallest absolute Gasteiger partial charge is 0.340 e. The van der Waals surface area contributed by atoms with Crippen LogP contribution in [0.15, 0.2) is 48.5 Å². The van der Waals surface area contributed by atoms with Gasteiger partial charge in [0, 0.05) is 31.9 Å². The van der Waals surface area contributed by atoms with Crippen molar-refractivity contribution in [1.29, 1.82) is 0 Å². The van der Waals surface area contributed by atoms with Gasteiger partial charge >= 0.3 is 12.0 Å². The molecule has 0 saturated carbocycles. The summed E-state index contributed by atoms with van der Waals surface area (Å²) in [7, 11) is 0. The zero-order valence-corrected chi connectivity index (χ0v) is 15.8. The van der Waals surface area contributed by atoms with Crippen molar-refractivity contribution in [3.8, 4) is 0 Å². The fourth-order valence-electron chi connectivity index (χ4n) is 3.17. The number of aryl methyl sites for hydroxylation is 1. The number of esters is 1. The highest BCUT2D eigenvalue weighted by molar-refractivity contribution is 6.00.